The number of carbonyl (C=O) groups is 2. The Labute approximate surface area is 111 Å². The number of benzene rings is 2. The summed E-state index contributed by atoms with van der Waals surface area (Å²) in [5.41, 5.74) is 2.28. The Balaban J connectivity index is 2.05. The van der Waals surface area contributed by atoms with Gasteiger partial charge in [0.15, 0.2) is 5.78 Å². The Morgan fingerprint density at radius 1 is 0.789 bits per heavy atom. The maximum Gasteiger partial charge on any atom is 0.307 e. The second-order valence-corrected chi connectivity index (χ2v) is 4.35. The van der Waals surface area contributed by atoms with Crippen LogP contribution < -0.4 is 0 Å². The molecule has 0 fully saturated rings. The first-order valence-electron chi connectivity index (χ1n) is 6.03. The van der Waals surface area contributed by atoms with Crippen molar-refractivity contribution in [1.82, 2.24) is 0 Å². The second kappa shape index (κ2) is 5.96. The molecule has 0 aliphatic carbocycles. The quantitative estimate of drug-likeness (QED) is 0.835. The number of carboxylic acids is 1. The van der Waals surface area contributed by atoms with Crippen LogP contribution in [-0.4, -0.2) is 16.9 Å². The zero-order valence-electron chi connectivity index (χ0n) is 10.4. The van der Waals surface area contributed by atoms with Crippen molar-refractivity contribution in [3.05, 3.63) is 71.3 Å². The SMILES string of the molecule is O=C(O)Cc1ccc(C(=O)Cc2ccccc2)cc1. The fourth-order valence-electron chi connectivity index (χ4n) is 1.87. The summed E-state index contributed by atoms with van der Waals surface area (Å²) in [4.78, 5) is 22.6. The van der Waals surface area contributed by atoms with E-state index in [1.54, 1.807) is 24.3 Å². The van der Waals surface area contributed by atoms with E-state index in [0.717, 1.165) is 5.56 Å². The van der Waals surface area contributed by atoms with Crippen LogP contribution in [0.5, 0.6) is 0 Å². The van der Waals surface area contributed by atoms with Gasteiger partial charge in [0.1, 0.15) is 0 Å². The van der Waals surface area contributed by atoms with Gasteiger partial charge in [-0.15, -0.1) is 0 Å². The minimum atomic E-state index is -0.872. The summed E-state index contributed by atoms with van der Waals surface area (Å²) in [6.07, 6.45) is 0.340. The molecule has 0 spiro atoms. The van der Waals surface area contributed by atoms with E-state index in [9.17, 15) is 9.59 Å². The third-order valence-corrected chi connectivity index (χ3v) is 2.84. The number of aliphatic carboxylic acids is 1. The van der Waals surface area contributed by atoms with Gasteiger partial charge in [-0.3, -0.25) is 9.59 Å². The standard InChI is InChI=1S/C16H14O3/c17-15(10-12-4-2-1-3-5-12)14-8-6-13(7-9-14)11-16(18)19/h1-9H,10-11H2,(H,18,19). The van der Waals surface area contributed by atoms with E-state index in [-0.39, 0.29) is 12.2 Å². The van der Waals surface area contributed by atoms with Crippen LogP contribution in [0.2, 0.25) is 0 Å². The highest BCUT2D eigenvalue weighted by molar-refractivity contribution is 5.97. The Hall–Kier alpha value is -2.42. The van der Waals surface area contributed by atoms with Gasteiger partial charge in [0.25, 0.3) is 0 Å². The number of rotatable bonds is 5. The van der Waals surface area contributed by atoms with Crippen LogP contribution in [0.1, 0.15) is 21.5 Å². The smallest absolute Gasteiger partial charge is 0.307 e. The molecule has 0 atom stereocenters. The molecular weight excluding hydrogens is 240 g/mol. The molecule has 1 N–H and O–H groups in total. The molecule has 0 aliphatic heterocycles. The van der Waals surface area contributed by atoms with Gasteiger partial charge in [0, 0.05) is 12.0 Å². The normalized spacial score (nSPS) is 10.1. The zero-order valence-corrected chi connectivity index (χ0v) is 10.4. The van der Waals surface area contributed by atoms with Crippen LogP contribution in [0, 0.1) is 0 Å². The van der Waals surface area contributed by atoms with Gasteiger partial charge in [-0.05, 0) is 11.1 Å². The van der Waals surface area contributed by atoms with Crippen LogP contribution in [0.15, 0.2) is 54.6 Å². The lowest BCUT2D eigenvalue weighted by Gasteiger charge is -2.03. The minimum absolute atomic E-state index is 0.0207. The number of ketones is 1. The number of hydrogen-bond donors (Lipinski definition) is 1. The van der Waals surface area contributed by atoms with Gasteiger partial charge in [-0.2, -0.15) is 0 Å². The van der Waals surface area contributed by atoms with Crippen LogP contribution >= 0.6 is 0 Å². The van der Waals surface area contributed by atoms with Gasteiger partial charge in [-0.25, -0.2) is 0 Å². The molecule has 3 nitrogen and oxygen atoms in total. The molecule has 0 aromatic heterocycles. The predicted molar refractivity (Wildman–Crippen MR) is 72.3 cm³/mol. The van der Waals surface area contributed by atoms with E-state index in [4.69, 9.17) is 5.11 Å². The fraction of sp³-hybridized carbons (Fsp3) is 0.125. The lowest BCUT2D eigenvalue weighted by atomic mass is 10.0. The molecule has 0 amide bonds. The van der Waals surface area contributed by atoms with Gasteiger partial charge in [-0.1, -0.05) is 54.6 Å². The maximum atomic E-state index is 12.0. The van der Waals surface area contributed by atoms with Crippen molar-refractivity contribution < 1.29 is 14.7 Å². The summed E-state index contributed by atoms with van der Waals surface area (Å²) in [5.74, 6) is -0.837. The lowest BCUT2D eigenvalue weighted by molar-refractivity contribution is -0.136. The molecule has 0 bridgehead atoms. The van der Waals surface area contributed by atoms with Crippen molar-refractivity contribution in [2.75, 3.05) is 0 Å². The van der Waals surface area contributed by atoms with Crippen LogP contribution in [0.3, 0.4) is 0 Å². The molecule has 0 saturated carbocycles. The molecule has 0 unspecified atom stereocenters. The highest BCUT2D eigenvalue weighted by Gasteiger charge is 2.07. The third kappa shape index (κ3) is 3.78. The number of carboxylic acid groups (broad SMARTS) is 1. The summed E-state index contributed by atoms with van der Waals surface area (Å²) in [7, 11) is 0. The van der Waals surface area contributed by atoms with Crippen LogP contribution in [0.4, 0.5) is 0 Å². The molecular formula is C16H14O3. The average Bonchev–Trinajstić information content (AvgIpc) is 2.40. The molecule has 0 aliphatic rings. The zero-order chi connectivity index (χ0) is 13.7. The van der Waals surface area contributed by atoms with E-state index in [2.05, 4.69) is 0 Å². The van der Waals surface area contributed by atoms with Gasteiger partial charge < -0.3 is 5.11 Å². The van der Waals surface area contributed by atoms with E-state index in [1.165, 1.54) is 0 Å². The maximum absolute atomic E-state index is 12.0. The third-order valence-electron chi connectivity index (χ3n) is 2.84. The van der Waals surface area contributed by atoms with Crippen molar-refractivity contribution in [2.45, 2.75) is 12.8 Å². The Morgan fingerprint density at radius 3 is 1.95 bits per heavy atom. The van der Waals surface area contributed by atoms with Gasteiger partial charge in [0.05, 0.1) is 6.42 Å². The van der Waals surface area contributed by atoms with Gasteiger partial charge in [0.2, 0.25) is 0 Å². The second-order valence-electron chi connectivity index (χ2n) is 4.35. The first kappa shape index (κ1) is 13.0. The molecule has 2 rings (SSSR count). The molecule has 19 heavy (non-hydrogen) atoms. The molecule has 0 radical (unpaired) electrons. The van der Waals surface area contributed by atoms with Crippen LogP contribution in [0.25, 0.3) is 0 Å². The predicted octanol–water partition coefficient (Wildman–Crippen LogP) is 2.74. The van der Waals surface area contributed by atoms with E-state index in [0.29, 0.717) is 17.5 Å². The van der Waals surface area contributed by atoms with E-state index in [1.807, 2.05) is 30.3 Å². The monoisotopic (exact) mass is 254 g/mol. The van der Waals surface area contributed by atoms with Crippen molar-refractivity contribution in [3.63, 3.8) is 0 Å². The molecule has 2 aromatic rings. The number of Topliss-reactive ketones (excluding diaryl/α,β-unsaturated/α-hetero) is 1. The highest BCUT2D eigenvalue weighted by atomic mass is 16.4. The minimum Gasteiger partial charge on any atom is -0.481 e. The molecule has 0 heterocycles. The molecule has 0 saturated heterocycles. The summed E-state index contributed by atoms with van der Waals surface area (Å²) in [6.45, 7) is 0. The molecule has 2 aromatic carbocycles. The van der Waals surface area contributed by atoms with E-state index >= 15 is 0 Å². The van der Waals surface area contributed by atoms with E-state index < -0.39 is 5.97 Å². The van der Waals surface area contributed by atoms with Crippen molar-refractivity contribution in [3.8, 4) is 0 Å². The van der Waals surface area contributed by atoms with Crippen molar-refractivity contribution in [1.29, 1.82) is 0 Å². The first-order valence-corrected chi connectivity index (χ1v) is 6.03. The summed E-state index contributed by atoms with van der Waals surface area (Å²) in [6, 6.07) is 16.3. The average molecular weight is 254 g/mol. The van der Waals surface area contributed by atoms with Crippen LogP contribution in [-0.2, 0) is 17.6 Å². The van der Waals surface area contributed by atoms with Crippen molar-refractivity contribution in [2.24, 2.45) is 0 Å². The summed E-state index contributed by atoms with van der Waals surface area (Å²) in [5, 5.41) is 8.67. The Morgan fingerprint density at radius 2 is 1.37 bits per heavy atom. The molecule has 3 heteroatoms. The fourth-order valence-corrected chi connectivity index (χ4v) is 1.87. The Bertz CT molecular complexity index is 571. The Kier molecular flexibility index (Phi) is 4.08. The summed E-state index contributed by atoms with van der Waals surface area (Å²) >= 11 is 0. The topological polar surface area (TPSA) is 54.4 Å². The largest absolute Gasteiger partial charge is 0.481 e. The lowest BCUT2D eigenvalue weighted by Crippen LogP contribution is -2.04. The molecule has 96 valence electrons. The first-order chi connectivity index (χ1) is 9.15. The number of carbonyl (C=O) groups excluding carboxylic acids is 1. The van der Waals surface area contributed by atoms with Gasteiger partial charge >= 0.3 is 5.97 Å². The highest BCUT2D eigenvalue weighted by Crippen LogP contribution is 2.10. The summed E-state index contributed by atoms with van der Waals surface area (Å²) < 4.78 is 0. The van der Waals surface area contributed by atoms with Crippen molar-refractivity contribution >= 4 is 11.8 Å². The number of hydrogen-bond acceptors (Lipinski definition) is 2.